The van der Waals surface area contributed by atoms with Crippen LogP contribution in [-0.2, 0) is 16.1 Å². The van der Waals surface area contributed by atoms with Crippen LogP contribution in [0.5, 0.6) is 0 Å². The Balaban J connectivity index is 1.87. The number of amides is 2. The highest BCUT2D eigenvalue weighted by Crippen LogP contribution is 2.12. The first-order valence-corrected chi connectivity index (χ1v) is 8.79. The molecule has 138 valence electrons. The second kappa shape index (κ2) is 10.3. The summed E-state index contributed by atoms with van der Waals surface area (Å²) in [5, 5.41) is 5.69. The van der Waals surface area contributed by atoms with Gasteiger partial charge in [-0.05, 0) is 43.2 Å². The zero-order valence-electron chi connectivity index (χ0n) is 15.2. The molecule has 6 nitrogen and oxygen atoms in total. The molecule has 0 aliphatic rings. The average molecular weight is 355 g/mol. The average Bonchev–Trinajstić information content (AvgIpc) is 2.67. The fourth-order valence-corrected chi connectivity index (χ4v) is 2.28. The van der Waals surface area contributed by atoms with Crippen molar-refractivity contribution < 1.29 is 14.3 Å². The van der Waals surface area contributed by atoms with Crippen LogP contribution in [0.25, 0.3) is 0 Å². The maximum absolute atomic E-state index is 12.2. The molecular weight excluding hydrogens is 330 g/mol. The lowest BCUT2D eigenvalue weighted by molar-refractivity contribution is -0.131. The number of ether oxygens (including phenoxy) is 1. The Morgan fingerprint density at radius 2 is 1.96 bits per heavy atom. The highest BCUT2D eigenvalue weighted by Gasteiger charge is 2.12. The standard InChI is InChI=1S/C20H25N3O3/c1-3-4-12-26-15(2)19(24)22-14-16-6-5-7-18(13-16)23-20(25)17-8-10-21-11-9-17/h5-11,13,15H,3-4,12,14H2,1-2H3,(H,22,24)(H,23,25). The molecule has 6 heteroatoms. The summed E-state index contributed by atoms with van der Waals surface area (Å²) in [6.45, 7) is 4.78. The fourth-order valence-electron chi connectivity index (χ4n) is 2.28. The Morgan fingerprint density at radius 1 is 1.19 bits per heavy atom. The fraction of sp³-hybridized carbons (Fsp3) is 0.350. The molecule has 2 rings (SSSR count). The quantitative estimate of drug-likeness (QED) is 0.677. The predicted molar refractivity (Wildman–Crippen MR) is 101 cm³/mol. The minimum absolute atomic E-state index is 0.146. The Labute approximate surface area is 154 Å². The van der Waals surface area contributed by atoms with E-state index in [1.807, 2.05) is 18.2 Å². The van der Waals surface area contributed by atoms with E-state index in [0.717, 1.165) is 18.4 Å². The summed E-state index contributed by atoms with van der Waals surface area (Å²) in [4.78, 5) is 28.1. The smallest absolute Gasteiger partial charge is 0.255 e. The lowest BCUT2D eigenvalue weighted by Gasteiger charge is -2.13. The first-order chi connectivity index (χ1) is 12.6. The van der Waals surface area contributed by atoms with E-state index < -0.39 is 6.10 Å². The SMILES string of the molecule is CCCCOC(C)C(=O)NCc1cccc(NC(=O)c2ccncc2)c1. The normalized spacial score (nSPS) is 11.6. The molecule has 0 aliphatic carbocycles. The number of aromatic nitrogens is 1. The molecule has 2 amide bonds. The molecule has 0 bridgehead atoms. The molecule has 2 aromatic rings. The van der Waals surface area contributed by atoms with Crippen molar-refractivity contribution in [1.29, 1.82) is 0 Å². The number of anilines is 1. The van der Waals surface area contributed by atoms with Gasteiger partial charge in [-0.25, -0.2) is 0 Å². The summed E-state index contributed by atoms with van der Waals surface area (Å²) < 4.78 is 5.48. The Hall–Kier alpha value is -2.73. The van der Waals surface area contributed by atoms with Crippen LogP contribution in [0.1, 0.15) is 42.6 Å². The van der Waals surface area contributed by atoms with Crippen LogP contribution in [-0.4, -0.2) is 29.5 Å². The van der Waals surface area contributed by atoms with Gasteiger partial charge in [0.25, 0.3) is 5.91 Å². The third-order valence-electron chi connectivity index (χ3n) is 3.83. The van der Waals surface area contributed by atoms with Crippen molar-refractivity contribution in [2.45, 2.75) is 39.3 Å². The van der Waals surface area contributed by atoms with E-state index in [2.05, 4.69) is 22.5 Å². The summed E-state index contributed by atoms with van der Waals surface area (Å²) >= 11 is 0. The molecule has 2 N–H and O–H groups in total. The van der Waals surface area contributed by atoms with Gasteiger partial charge in [-0.15, -0.1) is 0 Å². The highest BCUT2D eigenvalue weighted by molar-refractivity contribution is 6.04. The van der Waals surface area contributed by atoms with Gasteiger partial charge in [0.05, 0.1) is 0 Å². The van der Waals surface area contributed by atoms with E-state index in [4.69, 9.17) is 4.74 Å². The molecule has 26 heavy (non-hydrogen) atoms. The third kappa shape index (κ3) is 6.29. The van der Waals surface area contributed by atoms with Gasteiger partial charge in [-0.2, -0.15) is 0 Å². The second-order valence-electron chi connectivity index (χ2n) is 5.97. The molecule has 0 aliphatic heterocycles. The third-order valence-corrected chi connectivity index (χ3v) is 3.83. The van der Waals surface area contributed by atoms with Gasteiger partial charge in [0.15, 0.2) is 0 Å². The van der Waals surface area contributed by atoms with Crippen LogP contribution in [0.3, 0.4) is 0 Å². The number of carbonyl (C=O) groups is 2. The monoisotopic (exact) mass is 355 g/mol. The molecule has 0 radical (unpaired) electrons. The molecule has 0 saturated carbocycles. The lowest BCUT2D eigenvalue weighted by atomic mass is 10.2. The van der Waals surface area contributed by atoms with Crippen LogP contribution < -0.4 is 10.6 Å². The van der Waals surface area contributed by atoms with E-state index in [-0.39, 0.29) is 11.8 Å². The first-order valence-electron chi connectivity index (χ1n) is 8.79. The minimum atomic E-state index is -0.476. The number of nitrogens with zero attached hydrogens (tertiary/aromatic N) is 1. The number of hydrogen-bond donors (Lipinski definition) is 2. The van der Waals surface area contributed by atoms with Crippen molar-refractivity contribution in [3.05, 3.63) is 59.9 Å². The van der Waals surface area contributed by atoms with Crippen LogP contribution in [0.15, 0.2) is 48.8 Å². The molecule has 1 aromatic carbocycles. The Bertz CT molecular complexity index is 719. The van der Waals surface area contributed by atoms with Gasteiger partial charge in [-0.3, -0.25) is 14.6 Å². The van der Waals surface area contributed by atoms with Crippen LogP contribution in [0.4, 0.5) is 5.69 Å². The summed E-state index contributed by atoms with van der Waals surface area (Å²) in [7, 11) is 0. The van der Waals surface area contributed by atoms with E-state index in [1.165, 1.54) is 0 Å². The number of rotatable bonds is 9. The van der Waals surface area contributed by atoms with Crippen LogP contribution in [0.2, 0.25) is 0 Å². The van der Waals surface area contributed by atoms with Crippen LogP contribution in [0, 0.1) is 0 Å². The summed E-state index contributed by atoms with van der Waals surface area (Å²) in [6.07, 6.45) is 4.65. The number of carbonyl (C=O) groups excluding carboxylic acids is 2. The van der Waals surface area contributed by atoms with Crippen molar-refractivity contribution in [3.63, 3.8) is 0 Å². The van der Waals surface area contributed by atoms with Crippen molar-refractivity contribution in [3.8, 4) is 0 Å². The molecule has 1 heterocycles. The Morgan fingerprint density at radius 3 is 2.69 bits per heavy atom. The molecule has 0 spiro atoms. The van der Waals surface area contributed by atoms with Gasteiger partial charge in [0, 0.05) is 36.8 Å². The number of nitrogens with one attached hydrogen (secondary N) is 2. The molecule has 1 atom stereocenters. The number of unbranched alkanes of at least 4 members (excludes halogenated alkanes) is 1. The first kappa shape index (κ1) is 19.6. The molecular formula is C20H25N3O3. The molecule has 0 fully saturated rings. The van der Waals surface area contributed by atoms with Crippen molar-refractivity contribution in [2.75, 3.05) is 11.9 Å². The zero-order chi connectivity index (χ0) is 18.8. The van der Waals surface area contributed by atoms with Gasteiger partial charge >= 0.3 is 0 Å². The highest BCUT2D eigenvalue weighted by atomic mass is 16.5. The molecule has 1 aromatic heterocycles. The lowest BCUT2D eigenvalue weighted by Crippen LogP contribution is -2.34. The van der Waals surface area contributed by atoms with Crippen molar-refractivity contribution in [2.24, 2.45) is 0 Å². The Kier molecular flexibility index (Phi) is 7.76. The van der Waals surface area contributed by atoms with Crippen molar-refractivity contribution in [1.82, 2.24) is 10.3 Å². The molecule has 0 saturated heterocycles. The summed E-state index contributed by atoms with van der Waals surface area (Å²) in [6, 6.07) is 10.7. The van der Waals surface area contributed by atoms with Gasteiger partial charge in [0.1, 0.15) is 6.10 Å². The molecule has 1 unspecified atom stereocenters. The maximum Gasteiger partial charge on any atom is 0.255 e. The van der Waals surface area contributed by atoms with E-state index in [1.54, 1.807) is 37.5 Å². The second-order valence-corrected chi connectivity index (χ2v) is 5.97. The van der Waals surface area contributed by atoms with Crippen LogP contribution >= 0.6 is 0 Å². The topological polar surface area (TPSA) is 80.3 Å². The zero-order valence-corrected chi connectivity index (χ0v) is 15.2. The number of benzene rings is 1. The summed E-state index contributed by atoms with van der Waals surface area (Å²) in [5.74, 6) is -0.348. The summed E-state index contributed by atoms with van der Waals surface area (Å²) in [5.41, 5.74) is 2.11. The number of hydrogen-bond acceptors (Lipinski definition) is 4. The van der Waals surface area contributed by atoms with Gasteiger partial charge < -0.3 is 15.4 Å². The minimum Gasteiger partial charge on any atom is -0.369 e. The van der Waals surface area contributed by atoms with E-state index in [9.17, 15) is 9.59 Å². The van der Waals surface area contributed by atoms with E-state index in [0.29, 0.717) is 24.4 Å². The number of pyridine rings is 1. The van der Waals surface area contributed by atoms with Gasteiger partial charge in [0.2, 0.25) is 5.91 Å². The largest absolute Gasteiger partial charge is 0.369 e. The van der Waals surface area contributed by atoms with Gasteiger partial charge in [-0.1, -0.05) is 25.5 Å². The maximum atomic E-state index is 12.2. The predicted octanol–water partition coefficient (Wildman–Crippen LogP) is 3.16. The van der Waals surface area contributed by atoms with Crippen molar-refractivity contribution >= 4 is 17.5 Å². The van der Waals surface area contributed by atoms with E-state index >= 15 is 0 Å².